The molecule has 11 nitrogen and oxygen atoms in total. The van der Waals surface area contributed by atoms with E-state index >= 15 is 4.39 Å². The first kappa shape index (κ1) is 28.5. The summed E-state index contributed by atoms with van der Waals surface area (Å²) in [4.78, 5) is 53.1. The van der Waals surface area contributed by atoms with Crippen LogP contribution in [-0.2, 0) is 28.8 Å². The zero-order valence-electron chi connectivity index (χ0n) is 21.5. The number of allylic oxidation sites excluding steroid dienone is 4. The number of carbonyl (C=O) groups excluding carboxylic acids is 4. The lowest BCUT2D eigenvalue weighted by atomic mass is 9.45. The van der Waals surface area contributed by atoms with Crippen molar-refractivity contribution >= 4 is 23.4 Å². The molecule has 0 spiro atoms. The third-order valence-corrected chi connectivity index (χ3v) is 9.37. The fraction of sp³-hybridized carbons (Fsp3) is 0.692. The van der Waals surface area contributed by atoms with Crippen molar-refractivity contribution in [2.75, 3.05) is 19.8 Å². The predicted octanol–water partition coefficient (Wildman–Crippen LogP) is 1.60. The summed E-state index contributed by atoms with van der Waals surface area (Å²) in [6.07, 6.45) is 5.09. The van der Waals surface area contributed by atoms with Gasteiger partial charge in [-0.25, -0.2) is 4.39 Å². The molecule has 12 heteroatoms. The first-order valence-corrected chi connectivity index (χ1v) is 12.9. The van der Waals surface area contributed by atoms with Gasteiger partial charge in [-0.05, 0) is 62.5 Å². The normalized spacial score (nSPS) is 37.7. The lowest BCUT2D eigenvalue weighted by molar-refractivity contribution is -0.491. The molecule has 0 radical (unpaired) electrons. The van der Waals surface area contributed by atoms with Crippen molar-refractivity contribution in [3.05, 3.63) is 23.8 Å². The highest BCUT2D eigenvalue weighted by Crippen LogP contribution is 2.68. The molecule has 1 amide bonds. The molecule has 3 saturated carbocycles. The summed E-state index contributed by atoms with van der Waals surface area (Å²) in [5.74, 6) is -3.05. The highest BCUT2D eigenvalue weighted by Gasteiger charge is 2.70. The first-order chi connectivity index (χ1) is 17.8. The van der Waals surface area contributed by atoms with Gasteiger partial charge < -0.3 is 15.2 Å². The Kier molecular flexibility index (Phi) is 7.93. The molecular formula is C26H35FN2O9. The fourth-order valence-corrected chi connectivity index (χ4v) is 7.52. The van der Waals surface area contributed by atoms with E-state index in [1.54, 1.807) is 13.0 Å². The van der Waals surface area contributed by atoms with Gasteiger partial charge in [0.25, 0.3) is 0 Å². The first-order valence-electron chi connectivity index (χ1n) is 12.9. The van der Waals surface area contributed by atoms with Crippen molar-refractivity contribution in [2.45, 2.75) is 64.1 Å². The minimum absolute atomic E-state index is 0.0803. The van der Waals surface area contributed by atoms with Gasteiger partial charge in [0.2, 0.25) is 5.91 Å². The molecule has 0 aromatic heterocycles. The van der Waals surface area contributed by atoms with Crippen LogP contribution in [0.15, 0.2) is 23.8 Å². The van der Waals surface area contributed by atoms with Gasteiger partial charge in [0, 0.05) is 17.3 Å². The molecule has 3 unspecified atom stereocenters. The van der Waals surface area contributed by atoms with Crippen molar-refractivity contribution in [1.82, 2.24) is 10.7 Å². The smallest absolute Gasteiger partial charge is 0.325 e. The van der Waals surface area contributed by atoms with Gasteiger partial charge in [0.1, 0.15) is 13.2 Å². The van der Waals surface area contributed by atoms with Gasteiger partial charge in [-0.2, -0.15) is 0 Å². The number of fused-ring (bicyclic) bond motifs is 5. The van der Waals surface area contributed by atoms with E-state index in [-0.39, 0.29) is 36.9 Å². The van der Waals surface area contributed by atoms with Gasteiger partial charge in [0.15, 0.2) is 17.2 Å². The Hall–Kier alpha value is -2.51. The van der Waals surface area contributed by atoms with Crippen molar-refractivity contribution < 1.29 is 48.7 Å². The number of ether oxygens (including phenoxy) is 1. The molecule has 0 saturated heterocycles. The Labute approximate surface area is 219 Å². The summed E-state index contributed by atoms with van der Waals surface area (Å²) in [5.41, 5.74) is -3.02. The van der Waals surface area contributed by atoms with Crippen LogP contribution in [0.2, 0.25) is 0 Å². The molecule has 4 aliphatic rings. The summed E-state index contributed by atoms with van der Waals surface area (Å²) in [5, 5.41) is 29.9. The predicted molar refractivity (Wildman–Crippen MR) is 127 cm³/mol. The SMILES string of the molecule is C[C@]12C[C@H](O)C3(F)[C@@H](CCC4=CC(=O)C=C[C@@]43C)C1CCC2C(=O)COC(=O)CNC(=O)CCON(O)O. The zero-order valence-corrected chi connectivity index (χ0v) is 21.5. The lowest BCUT2D eigenvalue weighted by Crippen LogP contribution is -2.66. The molecule has 0 heterocycles. The van der Waals surface area contributed by atoms with E-state index in [4.69, 9.17) is 15.2 Å². The van der Waals surface area contributed by atoms with Gasteiger partial charge in [-0.3, -0.25) is 34.4 Å². The van der Waals surface area contributed by atoms with Crippen LogP contribution in [0, 0.1) is 28.6 Å². The number of aliphatic hydroxyl groups is 1. The highest BCUT2D eigenvalue weighted by molar-refractivity contribution is 6.01. The molecule has 4 rings (SSSR count). The van der Waals surface area contributed by atoms with Crippen molar-refractivity contribution in [2.24, 2.45) is 28.6 Å². The Morgan fingerprint density at radius 2 is 1.92 bits per heavy atom. The molecule has 4 aliphatic carbocycles. The van der Waals surface area contributed by atoms with E-state index in [1.807, 2.05) is 6.92 Å². The van der Waals surface area contributed by atoms with E-state index in [1.165, 1.54) is 12.2 Å². The maximum absolute atomic E-state index is 17.0. The topological polar surface area (TPSA) is 163 Å². The quantitative estimate of drug-likeness (QED) is 0.251. The summed E-state index contributed by atoms with van der Waals surface area (Å²) in [6, 6.07) is 0. The van der Waals surface area contributed by atoms with Crippen LogP contribution in [0.3, 0.4) is 0 Å². The standard InChI is InChI=1S/C26H35FN2O9/c1-24-12-21(32)26(27)18(4-3-15-11-16(30)7-9-25(15,26)2)17(24)5-6-19(24)20(31)14-37-23(34)13-28-22(33)8-10-38-29(35)36/h7,9,11,17-19,21,32,35-36H,3-6,8,10,12-14H2,1-2H3,(H,28,33)/t17?,18-,19?,21-,24-,25-,26?/m0/s1. The number of amides is 1. The number of aliphatic hydroxyl groups excluding tert-OH is 1. The summed E-state index contributed by atoms with van der Waals surface area (Å²) in [7, 11) is 0. The number of hydrogen-bond acceptors (Lipinski definition) is 10. The Morgan fingerprint density at radius 3 is 2.63 bits per heavy atom. The summed E-state index contributed by atoms with van der Waals surface area (Å²) in [6.45, 7) is 2.36. The number of alkyl halides is 1. The number of Topliss-reactive ketones (excluding diaryl/α,β-unsaturated/α-hetero) is 1. The highest BCUT2D eigenvalue weighted by atomic mass is 19.1. The van der Waals surface area contributed by atoms with Gasteiger partial charge in [-0.1, -0.05) is 18.6 Å². The largest absolute Gasteiger partial charge is 0.456 e. The lowest BCUT2D eigenvalue weighted by Gasteiger charge is -2.62. The van der Waals surface area contributed by atoms with Gasteiger partial charge >= 0.3 is 5.97 Å². The molecule has 0 aliphatic heterocycles. The molecular weight excluding hydrogens is 503 g/mol. The van der Waals surface area contributed by atoms with Gasteiger partial charge in [-0.15, -0.1) is 0 Å². The van der Waals surface area contributed by atoms with E-state index in [0.29, 0.717) is 31.3 Å². The Bertz CT molecular complexity index is 1060. The number of rotatable bonds is 9. The summed E-state index contributed by atoms with van der Waals surface area (Å²) < 4.78 is 22.1. The fourth-order valence-electron chi connectivity index (χ4n) is 7.52. The number of nitrogens with one attached hydrogen (secondary N) is 1. The molecule has 7 atom stereocenters. The Morgan fingerprint density at radius 1 is 1.18 bits per heavy atom. The second kappa shape index (κ2) is 10.6. The monoisotopic (exact) mass is 538 g/mol. The van der Waals surface area contributed by atoms with Crippen molar-refractivity contribution in [3.63, 3.8) is 0 Å². The van der Waals surface area contributed by atoms with Crippen LogP contribution in [0.25, 0.3) is 0 Å². The van der Waals surface area contributed by atoms with Crippen LogP contribution in [-0.4, -0.2) is 75.9 Å². The molecule has 210 valence electrons. The zero-order chi connectivity index (χ0) is 27.9. The molecule has 0 aromatic rings. The van der Waals surface area contributed by atoms with Crippen LogP contribution < -0.4 is 5.32 Å². The van der Waals surface area contributed by atoms with Crippen LogP contribution in [0.4, 0.5) is 4.39 Å². The van der Waals surface area contributed by atoms with E-state index in [9.17, 15) is 24.3 Å². The minimum Gasteiger partial charge on any atom is -0.456 e. The number of carbonyl (C=O) groups is 4. The minimum atomic E-state index is -1.96. The Balaban J connectivity index is 1.37. The number of ketones is 2. The number of esters is 1. The van der Waals surface area contributed by atoms with E-state index in [0.717, 1.165) is 0 Å². The average Bonchev–Trinajstić information content (AvgIpc) is 3.19. The molecule has 0 aromatic carbocycles. The average molecular weight is 539 g/mol. The number of nitrogens with zero attached hydrogens (tertiary/aromatic N) is 1. The second-order valence-corrected chi connectivity index (χ2v) is 11.2. The molecule has 4 N–H and O–H groups in total. The van der Waals surface area contributed by atoms with Crippen molar-refractivity contribution in [3.8, 4) is 0 Å². The van der Waals surface area contributed by atoms with E-state index < -0.39 is 64.9 Å². The maximum Gasteiger partial charge on any atom is 0.325 e. The van der Waals surface area contributed by atoms with Crippen LogP contribution >= 0.6 is 0 Å². The summed E-state index contributed by atoms with van der Waals surface area (Å²) >= 11 is 0. The van der Waals surface area contributed by atoms with Crippen LogP contribution in [0.1, 0.15) is 52.4 Å². The van der Waals surface area contributed by atoms with Crippen molar-refractivity contribution in [1.29, 1.82) is 0 Å². The molecule has 38 heavy (non-hydrogen) atoms. The second-order valence-electron chi connectivity index (χ2n) is 11.2. The number of hydrogen-bond donors (Lipinski definition) is 4. The van der Waals surface area contributed by atoms with Gasteiger partial charge in [0.05, 0.1) is 24.5 Å². The van der Waals surface area contributed by atoms with Crippen LogP contribution in [0.5, 0.6) is 0 Å². The van der Waals surface area contributed by atoms with E-state index in [2.05, 4.69) is 10.2 Å². The third kappa shape index (κ3) is 4.84. The third-order valence-electron chi connectivity index (χ3n) is 9.37. The maximum atomic E-state index is 17.0. The molecule has 3 fully saturated rings. The number of halogens is 1. The molecule has 0 bridgehead atoms.